The lowest BCUT2D eigenvalue weighted by atomic mass is 9.75. The predicted octanol–water partition coefficient (Wildman–Crippen LogP) is 11.1. The summed E-state index contributed by atoms with van der Waals surface area (Å²) in [6.45, 7) is 3.93. The molecular weight excluding hydrogens is 713 g/mol. The molecule has 58 heavy (non-hydrogen) atoms. The lowest BCUT2D eigenvalue weighted by molar-refractivity contribution is 0.539. The van der Waals surface area contributed by atoms with Crippen LogP contribution in [0.15, 0.2) is 180 Å². The van der Waals surface area contributed by atoms with Crippen LogP contribution >= 0.6 is 0 Å². The van der Waals surface area contributed by atoms with Crippen LogP contribution in [0.5, 0.6) is 0 Å². The third kappa shape index (κ3) is 6.36. The molecule has 6 aromatic carbocycles. The average Bonchev–Trinajstić information content (AvgIpc) is 3.75. The van der Waals surface area contributed by atoms with Crippen molar-refractivity contribution in [3.8, 4) is 35.6 Å². The predicted molar refractivity (Wildman–Crippen MR) is 228 cm³/mol. The van der Waals surface area contributed by atoms with Crippen LogP contribution in [0.3, 0.4) is 0 Å². The number of hydrogen-bond donors (Lipinski definition) is 0. The molecule has 0 radical (unpaired) electrons. The van der Waals surface area contributed by atoms with Gasteiger partial charge in [0.1, 0.15) is 35.6 Å². The van der Waals surface area contributed by atoms with Gasteiger partial charge >= 0.3 is 0 Å². The zero-order valence-corrected chi connectivity index (χ0v) is 31.8. The quantitative estimate of drug-likeness (QED) is 0.142. The normalized spacial score (nSPS) is 12.3. The summed E-state index contributed by atoms with van der Waals surface area (Å²) in [6.07, 6.45) is 0. The molecule has 0 saturated carbocycles. The van der Waals surface area contributed by atoms with Gasteiger partial charge in [-0.2, -0.15) is 21.0 Å². The third-order valence-corrected chi connectivity index (χ3v) is 10.4. The van der Waals surface area contributed by atoms with Crippen molar-refractivity contribution >= 4 is 50.8 Å². The van der Waals surface area contributed by atoms with Gasteiger partial charge in [-0.3, -0.25) is 0 Å². The standard InChI is InChI=1S/C51H34N6O/c1-51(2)47(35-23-27-43(28-24-35)56(39-15-7-3-8-16-39)40-17-9-4-10-18-40)45-46(48(51)37(31-52)32-53)49(58-50(45)38(33-54)34-55)36-25-29-44(30-26-36)57(41-19-11-5-12-20-41)42-21-13-6-14-22-42/h3-30H,1-2H3. The summed E-state index contributed by atoms with van der Waals surface area (Å²) < 4.78 is 6.60. The minimum atomic E-state index is -0.917. The Kier molecular flexibility index (Phi) is 9.73. The SMILES string of the molecule is CC1(C)C(=C(C#N)C#N)c2c(-c3ccc(N(c4ccccc4)c4ccccc4)cc3)oc(=C(C#N)C#N)c2=C1c1ccc(N(c2ccccc2)c2ccccc2)cc1. The topological polar surface area (TPSA) is 115 Å². The second kappa shape index (κ2) is 15.4. The van der Waals surface area contributed by atoms with Gasteiger partial charge in [-0.05, 0) is 96.1 Å². The van der Waals surface area contributed by atoms with Crippen LogP contribution in [0.1, 0.15) is 25.0 Å². The maximum Gasteiger partial charge on any atom is 0.172 e. The summed E-state index contributed by atoms with van der Waals surface area (Å²) in [7, 11) is 0. The molecule has 0 atom stereocenters. The summed E-state index contributed by atoms with van der Waals surface area (Å²) in [6, 6.07) is 64.5. The van der Waals surface area contributed by atoms with E-state index in [1.807, 2.05) is 172 Å². The molecule has 7 aromatic rings. The van der Waals surface area contributed by atoms with Crippen LogP contribution in [0.2, 0.25) is 0 Å². The van der Waals surface area contributed by atoms with E-state index in [0.717, 1.165) is 45.3 Å². The first-order valence-electron chi connectivity index (χ1n) is 18.7. The van der Waals surface area contributed by atoms with Crippen molar-refractivity contribution in [3.63, 3.8) is 0 Å². The zero-order valence-electron chi connectivity index (χ0n) is 31.8. The van der Waals surface area contributed by atoms with Crippen molar-refractivity contribution in [3.05, 3.63) is 197 Å². The number of fused-ring (bicyclic) bond motifs is 1. The van der Waals surface area contributed by atoms with E-state index in [1.165, 1.54) is 0 Å². The second-order valence-electron chi connectivity index (χ2n) is 14.2. The largest absolute Gasteiger partial charge is 0.453 e. The number of para-hydroxylation sites is 4. The molecule has 0 unspecified atom stereocenters. The van der Waals surface area contributed by atoms with Gasteiger partial charge in [0.25, 0.3) is 0 Å². The molecule has 1 aliphatic rings. The highest BCUT2D eigenvalue weighted by atomic mass is 16.3. The molecule has 0 bridgehead atoms. The smallest absolute Gasteiger partial charge is 0.172 e. The fourth-order valence-electron chi connectivity index (χ4n) is 7.99. The van der Waals surface area contributed by atoms with Crippen LogP contribution in [-0.2, 0) is 0 Å². The first-order valence-corrected chi connectivity index (χ1v) is 18.7. The van der Waals surface area contributed by atoms with Gasteiger partial charge in [-0.15, -0.1) is 0 Å². The number of benzene rings is 6. The molecule has 1 aliphatic carbocycles. The van der Waals surface area contributed by atoms with Gasteiger partial charge in [-0.25, -0.2) is 0 Å². The Bertz CT molecular complexity index is 2870. The lowest BCUT2D eigenvalue weighted by Gasteiger charge is -2.28. The lowest BCUT2D eigenvalue weighted by Crippen LogP contribution is -2.27. The van der Waals surface area contributed by atoms with Crippen molar-refractivity contribution in [1.29, 1.82) is 21.0 Å². The molecule has 0 saturated heterocycles. The number of nitrogens with zero attached hydrogens (tertiary/aromatic N) is 6. The molecule has 0 fully saturated rings. The Morgan fingerprint density at radius 2 is 0.793 bits per heavy atom. The van der Waals surface area contributed by atoms with Crippen molar-refractivity contribution in [2.45, 2.75) is 13.8 Å². The summed E-state index contributed by atoms with van der Waals surface area (Å²) in [5, 5.41) is 41.9. The van der Waals surface area contributed by atoms with E-state index in [4.69, 9.17) is 4.42 Å². The first-order chi connectivity index (χ1) is 28.4. The molecule has 0 N–H and O–H groups in total. The van der Waals surface area contributed by atoms with E-state index in [0.29, 0.717) is 27.7 Å². The van der Waals surface area contributed by atoms with Gasteiger partial charge in [0, 0.05) is 61.5 Å². The maximum atomic E-state index is 10.4. The Morgan fingerprint density at radius 3 is 1.16 bits per heavy atom. The molecule has 0 spiro atoms. The fourth-order valence-corrected chi connectivity index (χ4v) is 7.99. The van der Waals surface area contributed by atoms with E-state index in [9.17, 15) is 21.0 Å². The number of furan rings is 1. The highest BCUT2D eigenvalue weighted by molar-refractivity contribution is 6.00. The van der Waals surface area contributed by atoms with E-state index in [-0.39, 0.29) is 16.6 Å². The Balaban J connectivity index is 1.35. The van der Waals surface area contributed by atoms with Crippen molar-refractivity contribution in [2.75, 3.05) is 9.80 Å². The second-order valence-corrected chi connectivity index (χ2v) is 14.2. The highest BCUT2D eigenvalue weighted by Crippen LogP contribution is 2.52. The van der Waals surface area contributed by atoms with Gasteiger partial charge in [0.05, 0.1) is 0 Å². The maximum absolute atomic E-state index is 10.4. The van der Waals surface area contributed by atoms with Gasteiger partial charge < -0.3 is 14.2 Å². The number of nitriles is 4. The molecule has 1 heterocycles. The minimum Gasteiger partial charge on any atom is -0.453 e. The van der Waals surface area contributed by atoms with E-state index in [2.05, 4.69) is 46.2 Å². The Labute approximate surface area is 337 Å². The molecule has 0 aliphatic heterocycles. The number of anilines is 6. The molecule has 0 amide bonds. The third-order valence-electron chi connectivity index (χ3n) is 10.4. The van der Waals surface area contributed by atoms with Crippen LogP contribution in [-0.4, -0.2) is 0 Å². The molecule has 7 nitrogen and oxygen atoms in total. The van der Waals surface area contributed by atoms with Gasteiger partial charge in [-0.1, -0.05) is 98.8 Å². The van der Waals surface area contributed by atoms with Crippen molar-refractivity contribution in [2.24, 2.45) is 5.41 Å². The molecule has 1 aromatic heterocycles. The van der Waals surface area contributed by atoms with Crippen LogP contribution < -0.4 is 20.4 Å². The summed E-state index contributed by atoms with van der Waals surface area (Å²) in [5.74, 6) is 0.363. The summed E-state index contributed by atoms with van der Waals surface area (Å²) in [4.78, 5) is 4.30. The Morgan fingerprint density at radius 1 is 0.448 bits per heavy atom. The average molecular weight is 747 g/mol. The summed E-state index contributed by atoms with van der Waals surface area (Å²) in [5.41, 5.74) is 7.82. The monoisotopic (exact) mass is 746 g/mol. The first kappa shape index (κ1) is 36.6. The fraction of sp³-hybridized carbons (Fsp3) is 0.0588. The number of hydrogen-bond acceptors (Lipinski definition) is 7. The molecular formula is C51H34N6O. The minimum absolute atomic E-state index is 0.0720. The van der Waals surface area contributed by atoms with Gasteiger partial charge in [0.2, 0.25) is 0 Å². The van der Waals surface area contributed by atoms with Crippen LogP contribution in [0.4, 0.5) is 34.1 Å². The number of rotatable bonds is 8. The summed E-state index contributed by atoms with van der Waals surface area (Å²) >= 11 is 0. The number of allylic oxidation sites excluding steroid dienone is 2. The Hall–Kier alpha value is -8.36. The van der Waals surface area contributed by atoms with Crippen molar-refractivity contribution < 1.29 is 4.42 Å². The van der Waals surface area contributed by atoms with E-state index in [1.54, 1.807) is 0 Å². The van der Waals surface area contributed by atoms with E-state index >= 15 is 0 Å². The molecule has 7 heteroatoms. The van der Waals surface area contributed by atoms with Gasteiger partial charge in [0.15, 0.2) is 11.0 Å². The molecule has 8 rings (SSSR count). The zero-order chi connectivity index (χ0) is 40.2. The highest BCUT2D eigenvalue weighted by Gasteiger charge is 2.43. The van der Waals surface area contributed by atoms with Crippen molar-refractivity contribution in [1.82, 2.24) is 0 Å². The van der Waals surface area contributed by atoms with Crippen LogP contribution in [0, 0.1) is 50.7 Å². The van der Waals surface area contributed by atoms with Crippen LogP contribution in [0.25, 0.3) is 28.0 Å². The van der Waals surface area contributed by atoms with E-state index < -0.39 is 5.41 Å². The molecule has 274 valence electrons.